The summed E-state index contributed by atoms with van der Waals surface area (Å²) < 4.78 is 18.7. The molecule has 0 aromatic carbocycles. The van der Waals surface area contributed by atoms with Crippen LogP contribution in [0.15, 0.2) is 12.4 Å². The summed E-state index contributed by atoms with van der Waals surface area (Å²) >= 11 is 1.88. The largest absolute Gasteiger partial charge is 0.367 e. The SMILES string of the molecule is CN(C)C(=O)CO[C@@H]1CSC2(C1)CN(c1ncc(F)cn1)C2. The average molecular weight is 326 g/mol. The highest BCUT2D eigenvalue weighted by Crippen LogP contribution is 2.46. The zero-order valence-corrected chi connectivity index (χ0v) is 13.5. The van der Waals surface area contributed by atoms with E-state index in [4.69, 9.17) is 4.74 Å². The average Bonchev–Trinajstić information content (AvgIpc) is 2.88. The molecule has 8 heteroatoms. The molecule has 3 rings (SSSR count). The van der Waals surface area contributed by atoms with Crippen molar-refractivity contribution in [2.45, 2.75) is 17.3 Å². The molecule has 1 aromatic rings. The van der Waals surface area contributed by atoms with E-state index < -0.39 is 5.82 Å². The highest BCUT2D eigenvalue weighted by atomic mass is 32.2. The van der Waals surface area contributed by atoms with Crippen LogP contribution in [-0.2, 0) is 9.53 Å². The Morgan fingerprint density at radius 1 is 1.50 bits per heavy atom. The number of aromatic nitrogens is 2. The summed E-state index contributed by atoms with van der Waals surface area (Å²) in [6.07, 6.45) is 3.42. The van der Waals surface area contributed by atoms with Gasteiger partial charge >= 0.3 is 0 Å². The number of ether oxygens (including phenoxy) is 1. The van der Waals surface area contributed by atoms with Crippen molar-refractivity contribution in [3.63, 3.8) is 0 Å². The van der Waals surface area contributed by atoms with E-state index in [9.17, 15) is 9.18 Å². The molecule has 0 bridgehead atoms. The van der Waals surface area contributed by atoms with Gasteiger partial charge in [-0.3, -0.25) is 4.79 Å². The van der Waals surface area contributed by atoms with Gasteiger partial charge in [-0.15, -0.1) is 11.8 Å². The smallest absolute Gasteiger partial charge is 0.248 e. The number of hydrogen-bond acceptors (Lipinski definition) is 6. The molecule has 0 unspecified atom stereocenters. The summed E-state index contributed by atoms with van der Waals surface area (Å²) in [7, 11) is 3.45. The molecule has 2 aliphatic heterocycles. The van der Waals surface area contributed by atoms with Gasteiger partial charge in [-0.1, -0.05) is 0 Å². The van der Waals surface area contributed by atoms with E-state index in [1.54, 1.807) is 14.1 Å². The predicted molar refractivity (Wildman–Crippen MR) is 82.4 cm³/mol. The number of thioether (sulfide) groups is 1. The van der Waals surface area contributed by atoms with Gasteiger partial charge < -0.3 is 14.5 Å². The Labute approximate surface area is 133 Å². The number of nitrogens with zero attached hydrogens (tertiary/aromatic N) is 4. The summed E-state index contributed by atoms with van der Waals surface area (Å²) in [5, 5.41) is 0. The summed E-state index contributed by atoms with van der Waals surface area (Å²) in [6.45, 7) is 1.81. The maximum atomic E-state index is 12.8. The van der Waals surface area contributed by atoms with Crippen LogP contribution < -0.4 is 4.90 Å². The lowest BCUT2D eigenvalue weighted by molar-refractivity contribution is -0.135. The van der Waals surface area contributed by atoms with E-state index in [1.807, 2.05) is 16.7 Å². The van der Waals surface area contributed by atoms with Crippen LogP contribution in [0.25, 0.3) is 0 Å². The second kappa shape index (κ2) is 6.00. The number of carbonyl (C=O) groups is 1. The van der Waals surface area contributed by atoms with E-state index in [0.29, 0.717) is 5.95 Å². The fraction of sp³-hybridized carbons (Fsp3) is 0.643. The van der Waals surface area contributed by atoms with Crippen LogP contribution in [-0.4, -0.2) is 71.2 Å². The molecule has 1 amide bonds. The van der Waals surface area contributed by atoms with Crippen molar-refractivity contribution in [1.29, 1.82) is 0 Å². The van der Waals surface area contributed by atoms with Crippen LogP contribution in [0, 0.1) is 5.82 Å². The van der Waals surface area contributed by atoms with Crippen molar-refractivity contribution >= 4 is 23.6 Å². The molecular formula is C14H19FN4O2S. The van der Waals surface area contributed by atoms with Gasteiger partial charge in [-0.05, 0) is 6.42 Å². The second-order valence-electron chi connectivity index (χ2n) is 5.98. The van der Waals surface area contributed by atoms with Crippen LogP contribution in [0.3, 0.4) is 0 Å². The van der Waals surface area contributed by atoms with Gasteiger partial charge in [0.2, 0.25) is 11.9 Å². The zero-order valence-electron chi connectivity index (χ0n) is 12.7. The highest BCUT2D eigenvalue weighted by Gasteiger charge is 2.50. The molecule has 22 heavy (non-hydrogen) atoms. The fourth-order valence-electron chi connectivity index (χ4n) is 2.71. The summed E-state index contributed by atoms with van der Waals surface area (Å²) in [5.41, 5.74) is 0. The minimum atomic E-state index is -0.423. The van der Waals surface area contributed by atoms with E-state index in [0.717, 1.165) is 25.3 Å². The van der Waals surface area contributed by atoms with Crippen LogP contribution in [0.2, 0.25) is 0 Å². The second-order valence-corrected chi connectivity index (χ2v) is 7.46. The Morgan fingerprint density at radius 3 is 2.82 bits per heavy atom. The first kappa shape index (κ1) is 15.5. The minimum absolute atomic E-state index is 0.0131. The first-order valence-corrected chi connectivity index (χ1v) is 8.14. The van der Waals surface area contributed by atoms with E-state index in [2.05, 4.69) is 9.97 Å². The third-order valence-corrected chi connectivity index (χ3v) is 5.54. The first-order valence-electron chi connectivity index (χ1n) is 7.16. The first-order chi connectivity index (χ1) is 10.5. The number of halogens is 1. The topological polar surface area (TPSA) is 58.6 Å². The van der Waals surface area contributed by atoms with Crippen molar-refractivity contribution in [3.8, 4) is 0 Å². The van der Waals surface area contributed by atoms with Crippen molar-refractivity contribution in [2.24, 2.45) is 0 Å². The Morgan fingerprint density at radius 2 is 2.18 bits per heavy atom. The van der Waals surface area contributed by atoms with Crippen LogP contribution in [0.1, 0.15) is 6.42 Å². The summed E-state index contributed by atoms with van der Waals surface area (Å²) in [5.74, 6) is 1.03. The van der Waals surface area contributed by atoms with Gasteiger partial charge in [0, 0.05) is 32.9 Å². The fourth-order valence-corrected chi connectivity index (χ4v) is 4.26. The Bertz CT molecular complexity index is 548. The molecule has 0 saturated carbocycles. The number of anilines is 1. The number of rotatable bonds is 4. The summed E-state index contributed by atoms with van der Waals surface area (Å²) in [4.78, 5) is 23.1. The van der Waals surface area contributed by atoms with Gasteiger partial charge in [-0.25, -0.2) is 14.4 Å². The van der Waals surface area contributed by atoms with E-state index in [1.165, 1.54) is 17.3 Å². The van der Waals surface area contributed by atoms with E-state index in [-0.39, 0.29) is 23.4 Å². The van der Waals surface area contributed by atoms with Crippen LogP contribution >= 0.6 is 11.8 Å². The highest BCUT2D eigenvalue weighted by molar-refractivity contribution is 8.01. The molecule has 1 atom stereocenters. The molecule has 3 heterocycles. The molecule has 2 saturated heterocycles. The molecule has 2 fully saturated rings. The third kappa shape index (κ3) is 3.17. The number of likely N-dealkylation sites (N-methyl/N-ethyl adjacent to an activating group) is 1. The maximum absolute atomic E-state index is 12.8. The van der Waals surface area contributed by atoms with Gasteiger partial charge in [-0.2, -0.15) is 0 Å². The van der Waals surface area contributed by atoms with Gasteiger partial charge in [0.1, 0.15) is 6.61 Å². The zero-order chi connectivity index (χ0) is 15.7. The monoisotopic (exact) mass is 326 g/mol. The minimum Gasteiger partial charge on any atom is -0.367 e. The predicted octanol–water partition coefficient (Wildman–Crippen LogP) is 0.785. The van der Waals surface area contributed by atoms with Crippen molar-refractivity contribution in [3.05, 3.63) is 18.2 Å². The summed E-state index contributed by atoms with van der Waals surface area (Å²) in [6, 6.07) is 0. The van der Waals surface area contributed by atoms with Crippen molar-refractivity contribution in [1.82, 2.24) is 14.9 Å². The van der Waals surface area contributed by atoms with Crippen LogP contribution in [0.5, 0.6) is 0 Å². The lowest BCUT2D eigenvalue weighted by atomic mass is 9.93. The molecule has 0 radical (unpaired) electrons. The lowest BCUT2D eigenvalue weighted by Gasteiger charge is -2.47. The molecular weight excluding hydrogens is 307 g/mol. The number of amides is 1. The third-order valence-electron chi connectivity index (χ3n) is 3.96. The Kier molecular flexibility index (Phi) is 4.22. The molecule has 0 N–H and O–H groups in total. The van der Waals surface area contributed by atoms with Gasteiger partial charge in [0.15, 0.2) is 5.82 Å². The number of hydrogen-bond donors (Lipinski definition) is 0. The molecule has 1 aromatic heterocycles. The molecule has 120 valence electrons. The maximum Gasteiger partial charge on any atom is 0.248 e. The normalized spacial score (nSPS) is 22.7. The number of carbonyl (C=O) groups excluding carboxylic acids is 1. The lowest BCUT2D eigenvalue weighted by Crippen LogP contribution is -2.59. The molecule has 2 aliphatic rings. The Balaban J connectivity index is 1.48. The van der Waals surface area contributed by atoms with E-state index >= 15 is 0 Å². The van der Waals surface area contributed by atoms with Crippen molar-refractivity contribution < 1.29 is 13.9 Å². The van der Waals surface area contributed by atoms with Crippen LogP contribution in [0.4, 0.5) is 10.3 Å². The Hall–Kier alpha value is -1.41. The molecule has 0 aliphatic carbocycles. The molecule has 6 nitrogen and oxygen atoms in total. The van der Waals surface area contributed by atoms with Gasteiger partial charge in [0.25, 0.3) is 0 Å². The molecule has 1 spiro atoms. The standard InChI is InChI=1S/C14H19FN4O2S/c1-18(2)12(20)6-21-11-3-14(22-7-11)8-19(9-14)13-16-4-10(15)5-17-13/h4-5,11H,3,6-9H2,1-2H3/t11-/m0/s1. The van der Waals surface area contributed by atoms with Gasteiger partial charge in [0.05, 0.1) is 23.2 Å². The van der Waals surface area contributed by atoms with Crippen molar-refractivity contribution in [2.75, 3.05) is 44.4 Å². The quantitative estimate of drug-likeness (QED) is 0.815.